The predicted molar refractivity (Wildman–Crippen MR) is 150 cm³/mol. The second kappa shape index (κ2) is 15.2. The SMILES string of the molecule is CC(C)(C)OC=O.COc1ccc(CNc2ccc(N3CCNCC3)c(C(=O)NCCC(C)C)c2)cc1F. The van der Waals surface area contributed by atoms with E-state index in [4.69, 9.17) is 4.74 Å². The molecule has 8 nitrogen and oxygen atoms in total. The molecule has 1 amide bonds. The number of piperazine rings is 1. The molecule has 3 N–H and O–H groups in total. The lowest BCUT2D eigenvalue weighted by Gasteiger charge is -2.31. The Morgan fingerprint density at radius 3 is 2.42 bits per heavy atom. The molecule has 1 aliphatic heterocycles. The maximum atomic E-state index is 14.0. The predicted octanol–water partition coefficient (Wildman–Crippen LogP) is 4.59. The van der Waals surface area contributed by atoms with Crippen LogP contribution in [0.25, 0.3) is 0 Å². The van der Waals surface area contributed by atoms with Gasteiger partial charge in [0.15, 0.2) is 11.6 Å². The molecular weight excluding hydrogens is 487 g/mol. The van der Waals surface area contributed by atoms with Crippen LogP contribution in [0, 0.1) is 11.7 Å². The maximum Gasteiger partial charge on any atom is 0.293 e. The fraction of sp³-hybridized carbons (Fsp3) is 0.517. The Hall–Kier alpha value is -3.33. The van der Waals surface area contributed by atoms with Gasteiger partial charge in [-0.05, 0) is 69.0 Å². The van der Waals surface area contributed by atoms with Gasteiger partial charge in [0.1, 0.15) is 5.60 Å². The molecule has 0 aromatic heterocycles. The number of anilines is 2. The molecule has 2 aromatic rings. The molecule has 0 bridgehead atoms. The van der Waals surface area contributed by atoms with Crippen LogP contribution in [0.3, 0.4) is 0 Å². The lowest BCUT2D eigenvalue weighted by atomic mass is 10.1. The minimum absolute atomic E-state index is 0.0617. The fourth-order valence-electron chi connectivity index (χ4n) is 3.75. The molecular formula is C29H43FN4O4. The molecule has 0 saturated carbocycles. The number of halogens is 1. The summed E-state index contributed by atoms with van der Waals surface area (Å²) < 4.78 is 23.5. The molecule has 9 heteroatoms. The van der Waals surface area contributed by atoms with E-state index in [0.29, 0.717) is 31.0 Å². The van der Waals surface area contributed by atoms with Crippen LogP contribution in [0.2, 0.25) is 0 Å². The Morgan fingerprint density at radius 2 is 1.87 bits per heavy atom. The highest BCUT2D eigenvalue weighted by atomic mass is 19.1. The number of hydrogen-bond donors (Lipinski definition) is 3. The van der Waals surface area contributed by atoms with Gasteiger partial charge in [-0.15, -0.1) is 0 Å². The van der Waals surface area contributed by atoms with Crippen molar-refractivity contribution in [1.29, 1.82) is 0 Å². The Morgan fingerprint density at radius 1 is 1.16 bits per heavy atom. The van der Waals surface area contributed by atoms with Crippen LogP contribution in [0.5, 0.6) is 5.75 Å². The standard InChI is InChI=1S/C24H33FN4O2.C5H10O2/c1-17(2)8-9-27-24(30)20-15-19(5-6-22(20)29-12-10-26-11-13-29)28-16-18-4-7-23(31-3)21(25)14-18;1-5(2,3)7-4-6/h4-7,14-15,17,26,28H,8-13,16H2,1-3H3,(H,27,30);4H,1-3H3. The third-order valence-electron chi connectivity index (χ3n) is 5.82. The van der Waals surface area contributed by atoms with E-state index in [1.807, 2.05) is 45.0 Å². The van der Waals surface area contributed by atoms with E-state index in [1.165, 1.54) is 13.2 Å². The number of ether oxygens (including phenoxy) is 2. The summed E-state index contributed by atoms with van der Waals surface area (Å²) in [5, 5.41) is 9.71. The molecule has 0 radical (unpaired) electrons. The minimum Gasteiger partial charge on any atom is -0.494 e. The quantitative estimate of drug-likeness (QED) is 0.387. The second-order valence-electron chi connectivity index (χ2n) is 10.6. The molecule has 210 valence electrons. The van der Waals surface area contributed by atoms with E-state index in [-0.39, 0.29) is 23.1 Å². The van der Waals surface area contributed by atoms with E-state index < -0.39 is 0 Å². The number of amides is 1. The summed E-state index contributed by atoms with van der Waals surface area (Å²) in [6, 6.07) is 10.8. The number of carbonyl (C=O) groups excluding carboxylic acids is 2. The van der Waals surface area contributed by atoms with Crippen molar-refractivity contribution in [3.63, 3.8) is 0 Å². The molecule has 0 aliphatic carbocycles. The summed E-state index contributed by atoms with van der Waals surface area (Å²) in [4.78, 5) is 24.8. The van der Waals surface area contributed by atoms with E-state index in [0.717, 1.165) is 49.5 Å². The summed E-state index contributed by atoms with van der Waals surface area (Å²) in [5.41, 5.74) is 2.92. The van der Waals surface area contributed by atoms with Crippen molar-refractivity contribution >= 4 is 23.8 Å². The first-order valence-corrected chi connectivity index (χ1v) is 13.1. The lowest BCUT2D eigenvalue weighted by Crippen LogP contribution is -2.44. The third kappa shape index (κ3) is 10.6. The van der Waals surface area contributed by atoms with Gasteiger partial charge in [0.25, 0.3) is 12.4 Å². The zero-order chi connectivity index (χ0) is 28.1. The van der Waals surface area contributed by atoms with Crippen molar-refractivity contribution < 1.29 is 23.5 Å². The van der Waals surface area contributed by atoms with Gasteiger partial charge in [0.05, 0.1) is 12.7 Å². The first-order chi connectivity index (χ1) is 18.0. The molecule has 1 aliphatic rings. The van der Waals surface area contributed by atoms with Crippen LogP contribution < -0.4 is 25.6 Å². The molecule has 0 atom stereocenters. The number of rotatable bonds is 10. The summed E-state index contributed by atoms with van der Waals surface area (Å²) in [7, 11) is 1.45. The second-order valence-corrected chi connectivity index (χ2v) is 10.6. The largest absolute Gasteiger partial charge is 0.494 e. The van der Waals surface area contributed by atoms with Crippen LogP contribution in [-0.2, 0) is 16.1 Å². The van der Waals surface area contributed by atoms with Crippen molar-refractivity contribution in [1.82, 2.24) is 10.6 Å². The monoisotopic (exact) mass is 530 g/mol. The van der Waals surface area contributed by atoms with Crippen molar-refractivity contribution in [2.24, 2.45) is 5.92 Å². The number of carbonyl (C=O) groups is 2. The highest BCUT2D eigenvalue weighted by Crippen LogP contribution is 2.26. The van der Waals surface area contributed by atoms with Gasteiger partial charge in [0.2, 0.25) is 0 Å². The topological polar surface area (TPSA) is 91.9 Å². The number of benzene rings is 2. The van der Waals surface area contributed by atoms with Crippen LogP contribution in [0.4, 0.5) is 15.8 Å². The van der Waals surface area contributed by atoms with Crippen LogP contribution in [0.15, 0.2) is 36.4 Å². The molecule has 1 heterocycles. The molecule has 3 rings (SSSR count). The van der Waals surface area contributed by atoms with Gasteiger partial charge >= 0.3 is 0 Å². The first kappa shape index (κ1) is 30.9. The highest BCUT2D eigenvalue weighted by molar-refractivity contribution is 6.00. The van der Waals surface area contributed by atoms with Gasteiger partial charge < -0.3 is 30.3 Å². The van der Waals surface area contributed by atoms with Gasteiger partial charge in [-0.25, -0.2) is 4.39 Å². The van der Waals surface area contributed by atoms with Gasteiger partial charge in [-0.2, -0.15) is 0 Å². The summed E-state index contributed by atoms with van der Waals surface area (Å²) in [6.45, 7) is 14.8. The fourth-order valence-corrected chi connectivity index (χ4v) is 3.75. The summed E-state index contributed by atoms with van der Waals surface area (Å²) in [6.07, 6.45) is 0.940. The molecule has 1 fully saturated rings. The third-order valence-corrected chi connectivity index (χ3v) is 5.82. The first-order valence-electron chi connectivity index (χ1n) is 13.1. The number of nitrogens with one attached hydrogen (secondary N) is 3. The van der Waals surface area contributed by atoms with E-state index >= 15 is 0 Å². The average molecular weight is 531 g/mol. The smallest absolute Gasteiger partial charge is 0.293 e. The minimum atomic E-state index is -0.388. The van der Waals surface area contributed by atoms with Gasteiger partial charge in [0, 0.05) is 50.6 Å². The molecule has 0 unspecified atom stereocenters. The summed E-state index contributed by atoms with van der Waals surface area (Å²) >= 11 is 0. The van der Waals surface area contributed by atoms with E-state index in [1.54, 1.807) is 6.07 Å². The zero-order valence-corrected chi connectivity index (χ0v) is 23.5. The van der Waals surface area contributed by atoms with Crippen molar-refractivity contribution in [3.8, 4) is 5.75 Å². The van der Waals surface area contributed by atoms with Crippen molar-refractivity contribution in [2.45, 2.75) is 53.2 Å². The normalized spacial score (nSPS) is 13.3. The Bertz CT molecular complexity index is 1030. The van der Waals surface area contributed by atoms with Crippen molar-refractivity contribution in [3.05, 3.63) is 53.3 Å². The van der Waals surface area contributed by atoms with Gasteiger partial charge in [-0.1, -0.05) is 19.9 Å². The molecule has 38 heavy (non-hydrogen) atoms. The van der Waals surface area contributed by atoms with Crippen LogP contribution in [-0.4, -0.2) is 57.8 Å². The maximum absolute atomic E-state index is 14.0. The van der Waals surface area contributed by atoms with Gasteiger partial charge in [-0.3, -0.25) is 9.59 Å². The van der Waals surface area contributed by atoms with Crippen LogP contribution >= 0.6 is 0 Å². The lowest BCUT2D eigenvalue weighted by molar-refractivity contribution is -0.138. The number of methoxy groups -OCH3 is 1. The molecule has 2 aromatic carbocycles. The Balaban J connectivity index is 0.000000638. The van der Waals surface area contributed by atoms with Crippen molar-refractivity contribution in [2.75, 3.05) is 50.1 Å². The highest BCUT2D eigenvalue weighted by Gasteiger charge is 2.19. The molecule has 1 saturated heterocycles. The number of hydrogen-bond acceptors (Lipinski definition) is 7. The summed E-state index contributed by atoms with van der Waals surface area (Å²) in [5.74, 6) is 0.310. The van der Waals surface area contributed by atoms with E-state index in [9.17, 15) is 14.0 Å². The van der Waals surface area contributed by atoms with Crippen LogP contribution in [0.1, 0.15) is 57.0 Å². The zero-order valence-electron chi connectivity index (χ0n) is 23.5. The Kier molecular flexibility index (Phi) is 12.3. The Labute approximate surface area is 226 Å². The number of nitrogens with zero attached hydrogens (tertiary/aromatic N) is 1. The van der Waals surface area contributed by atoms with E-state index in [2.05, 4.69) is 39.4 Å². The average Bonchev–Trinajstić information content (AvgIpc) is 2.87. The molecule has 0 spiro atoms.